The van der Waals surface area contributed by atoms with Crippen LogP contribution in [-0.2, 0) is 4.79 Å². The van der Waals surface area contributed by atoms with Gasteiger partial charge in [0.15, 0.2) is 11.5 Å². The van der Waals surface area contributed by atoms with Crippen molar-refractivity contribution in [1.82, 2.24) is 0 Å². The molecule has 0 spiro atoms. The third-order valence-corrected chi connectivity index (χ3v) is 2.58. The number of methoxy groups -OCH3 is 3. The highest BCUT2D eigenvalue weighted by Crippen LogP contribution is 2.42. The molecule has 0 unspecified atom stereocenters. The van der Waals surface area contributed by atoms with Gasteiger partial charge in [0.05, 0.1) is 26.9 Å². The van der Waals surface area contributed by atoms with Crippen LogP contribution >= 0.6 is 11.6 Å². The molecule has 98 valence electrons. The van der Waals surface area contributed by atoms with Crippen LogP contribution in [0.1, 0.15) is 10.4 Å². The molecule has 1 aromatic carbocycles. The normalized spacial score (nSPS) is 9.78. The molecule has 0 radical (unpaired) electrons. The highest BCUT2D eigenvalue weighted by atomic mass is 35.5. The van der Waals surface area contributed by atoms with Crippen LogP contribution in [-0.4, -0.2) is 38.2 Å². The average Bonchev–Trinajstić information content (AvgIpc) is 2.36. The molecule has 0 aromatic heterocycles. The first kappa shape index (κ1) is 14.1. The smallest absolute Gasteiger partial charge is 0.377 e. The largest absolute Gasteiger partial charge is 0.496 e. The summed E-state index contributed by atoms with van der Waals surface area (Å²) in [4.78, 5) is 22.3. The summed E-state index contributed by atoms with van der Waals surface area (Å²) in [5.74, 6) is -2.50. The van der Waals surface area contributed by atoms with E-state index >= 15 is 0 Å². The third kappa shape index (κ3) is 2.33. The van der Waals surface area contributed by atoms with Gasteiger partial charge >= 0.3 is 5.97 Å². The van der Waals surface area contributed by atoms with E-state index in [9.17, 15) is 9.59 Å². The second-order valence-corrected chi connectivity index (χ2v) is 3.52. The molecule has 1 rings (SSSR count). The Morgan fingerprint density at radius 2 is 1.67 bits per heavy atom. The molecule has 0 aliphatic carbocycles. The predicted molar refractivity (Wildman–Crippen MR) is 63.1 cm³/mol. The van der Waals surface area contributed by atoms with Gasteiger partial charge in [0.25, 0.3) is 5.78 Å². The van der Waals surface area contributed by atoms with E-state index in [0.29, 0.717) is 0 Å². The van der Waals surface area contributed by atoms with Gasteiger partial charge in [0.2, 0.25) is 0 Å². The minimum absolute atomic E-state index is 0.00468. The fourth-order valence-electron chi connectivity index (χ4n) is 1.41. The lowest BCUT2D eigenvalue weighted by molar-refractivity contribution is -0.131. The molecule has 0 aliphatic rings. The number of benzene rings is 1. The van der Waals surface area contributed by atoms with Crippen LogP contribution in [0.2, 0.25) is 5.02 Å². The van der Waals surface area contributed by atoms with E-state index in [1.54, 1.807) is 0 Å². The zero-order valence-corrected chi connectivity index (χ0v) is 10.7. The molecule has 0 fully saturated rings. The number of ether oxygens (including phenoxy) is 3. The Balaban J connectivity index is 3.59. The molecule has 0 saturated carbocycles. The number of hydrogen-bond donors (Lipinski definition) is 1. The van der Waals surface area contributed by atoms with Crippen LogP contribution in [0.4, 0.5) is 0 Å². The number of carbonyl (C=O) groups is 2. The molecule has 0 atom stereocenters. The first-order chi connectivity index (χ1) is 8.47. The molecule has 0 aliphatic heterocycles. The number of carboxylic acids is 1. The number of ketones is 1. The fourth-order valence-corrected chi connectivity index (χ4v) is 1.76. The van der Waals surface area contributed by atoms with Gasteiger partial charge in [-0.15, -0.1) is 0 Å². The molecular weight excluding hydrogens is 264 g/mol. The molecular formula is C11H11ClO6. The molecule has 7 heteroatoms. The van der Waals surface area contributed by atoms with Crippen molar-refractivity contribution in [2.45, 2.75) is 0 Å². The Kier molecular flexibility index (Phi) is 4.38. The first-order valence-corrected chi connectivity index (χ1v) is 5.11. The minimum atomic E-state index is -1.64. The Labute approximate surface area is 108 Å². The molecule has 1 N–H and O–H groups in total. The Morgan fingerprint density at radius 3 is 2.06 bits per heavy atom. The summed E-state index contributed by atoms with van der Waals surface area (Å²) in [6.07, 6.45) is 0. The van der Waals surface area contributed by atoms with E-state index in [4.69, 9.17) is 30.9 Å². The van der Waals surface area contributed by atoms with Gasteiger partial charge in [-0.25, -0.2) is 4.79 Å². The maximum atomic E-state index is 11.6. The van der Waals surface area contributed by atoms with Crippen molar-refractivity contribution in [2.24, 2.45) is 0 Å². The Morgan fingerprint density at radius 1 is 1.11 bits per heavy atom. The van der Waals surface area contributed by atoms with Crippen LogP contribution in [0.5, 0.6) is 17.2 Å². The van der Waals surface area contributed by atoms with Gasteiger partial charge in [-0.05, 0) is 0 Å². The maximum Gasteiger partial charge on any atom is 0.377 e. The van der Waals surface area contributed by atoms with Crippen LogP contribution in [0, 0.1) is 0 Å². The number of carboxylic acid groups (broad SMARTS) is 1. The lowest BCUT2D eigenvalue weighted by Gasteiger charge is -2.14. The number of carbonyl (C=O) groups excluding carboxylic acids is 1. The van der Waals surface area contributed by atoms with E-state index < -0.39 is 11.8 Å². The summed E-state index contributed by atoms with van der Waals surface area (Å²) in [7, 11) is 3.99. The summed E-state index contributed by atoms with van der Waals surface area (Å²) in [6, 6.07) is 1.33. The molecule has 0 heterocycles. The lowest BCUT2D eigenvalue weighted by Crippen LogP contribution is -2.15. The molecule has 18 heavy (non-hydrogen) atoms. The van der Waals surface area contributed by atoms with Crippen molar-refractivity contribution in [3.8, 4) is 17.2 Å². The number of rotatable bonds is 5. The summed E-state index contributed by atoms with van der Waals surface area (Å²) < 4.78 is 14.9. The molecule has 6 nitrogen and oxygen atoms in total. The van der Waals surface area contributed by atoms with E-state index in [2.05, 4.69) is 0 Å². The van der Waals surface area contributed by atoms with Gasteiger partial charge in [-0.2, -0.15) is 0 Å². The highest BCUT2D eigenvalue weighted by Gasteiger charge is 2.27. The highest BCUT2D eigenvalue weighted by molar-refractivity contribution is 6.46. The Bertz CT molecular complexity index is 497. The monoisotopic (exact) mass is 274 g/mol. The standard InChI is InChI=1S/C11H11ClO6/c1-16-5-4-6(17-2)10(18-3)8(12)7(5)9(13)11(14)15/h4H,1-3H3,(H,14,15). The van der Waals surface area contributed by atoms with E-state index in [1.807, 2.05) is 0 Å². The van der Waals surface area contributed by atoms with Crippen molar-refractivity contribution in [2.75, 3.05) is 21.3 Å². The van der Waals surface area contributed by atoms with Crippen LogP contribution in [0.15, 0.2) is 6.07 Å². The quantitative estimate of drug-likeness (QED) is 0.649. The average molecular weight is 275 g/mol. The van der Waals surface area contributed by atoms with Gasteiger partial charge in [0, 0.05) is 6.07 Å². The Hall–Kier alpha value is -1.95. The molecule has 1 aromatic rings. The van der Waals surface area contributed by atoms with E-state index in [-0.39, 0.29) is 27.8 Å². The number of hydrogen-bond acceptors (Lipinski definition) is 5. The zero-order chi connectivity index (χ0) is 13.9. The molecule has 0 saturated heterocycles. The SMILES string of the molecule is COc1cc(OC)c(C(=O)C(=O)O)c(Cl)c1OC. The minimum Gasteiger partial charge on any atom is -0.496 e. The third-order valence-electron chi connectivity index (χ3n) is 2.22. The number of Topliss-reactive ketones (excluding diaryl/α,β-unsaturated/α-hetero) is 1. The van der Waals surface area contributed by atoms with Crippen molar-refractivity contribution in [3.63, 3.8) is 0 Å². The van der Waals surface area contributed by atoms with Crippen molar-refractivity contribution in [1.29, 1.82) is 0 Å². The molecule has 0 bridgehead atoms. The summed E-state index contributed by atoms with van der Waals surface area (Å²) in [5.41, 5.74) is -0.274. The van der Waals surface area contributed by atoms with E-state index in [1.165, 1.54) is 27.4 Å². The van der Waals surface area contributed by atoms with Gasteiger partial charge in [-0.3, -0.25) is 4.79 Å². The second kappa shape index (κ2) is 5.59. The van der Waals surface area contributed by atoms with Gasteiger partial charge in [-0.1, -0.05) is 11.6 Å². The molecule has 0 amide bonds. The van der Waals surface area contributed by atoms with E-state index in [0.717, 1.165) is 0 Å². The van der Waals surface area contributed by atoms with Crippen molar-refractivity contribution in [3.05, 3.63) is 16.7 Å². The van der Waals surface area contributed by atoms with Crippen molar-refractivity contribution >= 4 is 23.4 Å². The first-order valence-electron chi connectivity index (χ1n) is 4.74. The maximum absolute atomic E-state index is 11.6. The summed E-state index contributed by atoms with van der Waals surface area (Å²) in [5, 5.41) is 8.57. The van der Waals surface area contributed by atoms with Gasteiger partial charge in [0.1, 0.15) is 10.8 Å². The number of halogens is 1. The number of aliphatic carboxylic acids is 1. The summed E-state index contributed by atoms with van der Waals surface area (Å²) in [6.45, 7) is 0. The fraction of sp³-hybridized carbons (Fsp3) is 0.273. The van der Waals surface area contributed by atoms with Gasteiger partial charge < -0.3 is 19.3 Å². The predicted octanol–water partition coefficient (Wildman–Crippen LogP) is 1.63. The zero-order valence-electron chi connectivity index (χ0n) is 9.94. The van der Waals surface area contributed by atoms with Crippen molar-refractivity contribution < 1.29 is 28.9 Å². The van der Waals surface area contributed by atoms with Crippen LogP contribution in [0.25, 0.3) is 0 Å². The van der Waals surface area contributed by atoms with Crippen LogP contribution in [0.3, 0.4) is 0 Å². The lowest BCUT2D eigenvalue weighted by atomic mass is 10.1. The summed E-state index contributed by atoms with van der Waals surface area (Å²) >= 11 is 5.95. The van der Waals surface area contributed by atoms with Crippen LogP contribution < -0.4 is 14.2 Å². The second-order valence-electron chi connectivity index (χ2n) is 3.14. The topological polar surface area (TPSA) is 82.1 Å².